The van der Waals surface area contributed by atoms with Crippen molar-refractivity contribution in [2.24, 2.45) is 4.99 Å². The zero-order valence-electron chi connectivity index (χ0n) is 16.1. The number of ether oxygens (including phenoxy) is 1. The number of benzene rings is 1. The molecule has 1 aromatic heterocycles. The van der Waals surface area contributed by atoms with Crippen molar-refractivity contribution in [3.8, 4) is 5.75 Å². The monoisotopic (exact) mass is 414 g/mol. The van der Waals surface area contributed by atoms with E-state index in [1.165, 1.54) is 0 Å². The van der Waals surface area contributed by atoms with E-state index in [0.29, 0.717) is 37.0 Å². The van der Waals surface area contributed by atoms with Gasteiger partial charge in [-0.2, -0.15) is 13.2 Å². The molecule has 2 aromatic rings. The van der Waals surface area contributed by atoms with E-state index in [0.717, 1.165) is 28.0 Å². The molecular weight excluding hydrogens is 389 g/mol. The van der Waals surface area contributed by atoms with Crippen LogP contribution in [0.2, 0.25) is 0 Å². The van der Waals surface area contributed by atoms with E-state index in [1.807, 2.05) is 45.0 Å². The predicted octanol–water partition coefficient (Wildman–Crippen LogP) is 4.25. The van der Waals surface area contributed by atoms with Crippen LogP contribution in [0.1, 0.15) is 37.0 Å². The molecular formula is C19H25F3N4OS. The third-order valence-electron chi connectivity index (χ3n) is 3.53. The summed E-state index contributed by atoms with van der Waals surface area (Å²) in [5.41, 5.74) is 0.195. The Balaban J connectivity index is 1.87. The van der Waals surface area contributed by atoms with Crippen LogP contribution in [-0.4, -0.2) is 30.1 Å². The second-order valence-electron chi connectivity index (χ2n) is 6.31. The first-order chi connectivity index (χ1) is 13.3. The molecule has 154 valence electrons. The highest BCUT2D eigenvalue weighted by Crippen LogP contribution is 2.30. The van der Waals surface area contributed by atoms with Crippen molar-refractivity contribution in [1.29, 1.82) is 0 Å². The Morgan fingerprint density at radius 3 is 2.50 bits per heavy atom. The molecule has 9 heteroatoms. The highest BCUT2D eigenvalue weighted by Gasteiger charge is 2.33. The summed E-state index contributed by atoms with van der Waals surface area (Å²) < 4.78 is 43.4. The van der Waals surface area contributed by atoms with E-state index in [4.69, 9.17) is 4.74 Å². The molecule has 0 saturated heterocycles. The number of alkyl halides is 3. The van der Waals surface area contributed by atoms with Crippen LogP contribution in [0.25, 0.3) is 0 Å². The molecule has 0 aliphatic rings. The number of hydrogen-bond donors (Lipinski definition) is 2. The Bertz CT molecular complexity index is 757. The van der Waals surface area contributed by atoms with Gasteiger partial charge >= 0.3 is 6.18 Å². The van der Waals surface area contributed by atoms with Gasteiger partial charge in [0.2, 0.25) is 0 Å². The van der Waals surface area contributed by atoms with Gasteiger partial charge in [-0.15, -0.1) is 11.3 Å². The van der Waals surface area contributed by atoms with Crippen molar-refractivity contribution >= 4 is 17.3 Å². The summed E-state index contributed by atoms with van der Waals surface area (Å²) in [7, 11) is 0. The summed E-state index contributed by atoms with van der Waals surface area (Å²) in [6.07, 6.45) is -3.88. The summed E-state index contributed by atoms with van der Waals surface area (Å²) in [4.78, 5) is 8.13. The Morgan fingerprint density at radius 1 is 1.21 bits per heavy atom. The first-order valence-electron chi connectivity index (χ1n) is 9.07. The molecule has 0 bridgehead atoms. The van der Waals surface area contributed by atoms with E-state index in [2.05, 4.69) is 20.6 Å². The zero-order valence-corrected chi connectivity index (χ0v) is 17.0. The number of aliphatic imine (C=N–C) groups is 1. The maximum absolute atomic E-state index is 12.6. The van der Waals surface area contributed by atoms with Crippen molar-refractivity contribution in [3.63, 3.8) is 0 Å². The highest BCUT2D eigenvalue weighted by molar-refractivity contribution is 7.09. The first-order valence-corrected chi connectivity index (χ1v) is 9.95. The number of hydrogen-bond acceptors (Lipinski definition) is 4. The Morgan fingerprint density at radius 2 is 1.93 bits per heavy atom. The number of thiazole rings is 1. The zero-order chi connectivity index (χ0) is 20.6. The lowest BCUT2D eigenvalue weighted by Crippen LogP contribution is -2.38. The molecule has 0 amide bonds. The lowest BCUT2D eigenvalue weighted by molar-refractivity contribution is -0.140. The average Bonchev–Trinajstić information content (AvgIpc) is 3.10. The molecule has 0 aliphatic carbocycles. The van der Waals surface area contributed by atoms with Crippen LogP contribution >= 0.6 is 11.3 Å². The van der Waals surface area contributed by atoms with Crippen molar-refractivity contribution in [2.45, 2.75) is 46.0 Å². The molecule has 1 heterocycles. The summed E-state index contributed by atoms with van der Waals surface area (Å²) in [5.74, 6) is 1.42. The molecule has 2 rings (SSSR count). The minimum atomic E-state index is -4.39. The number of nitrogens with one attached hydrogen (secondary N) is 2. The van der Waals surface area contributed by atoms with E-state index in [9.17, 15) is 13.2 Å². The van der Waals surface area contributed by atoms with Gasteiger partial charge in [0.05, 0.1) is 17.7 Å². The number of guanidine groups is 1. The molecule has 1 aromatic carbocycles. The van der Waals surface area contributed by atoms with Crippen LogP contribution in [0.3, 0.4) is 0 Å². The van der Waals surface area contributed by atoms with Gasteiger partial charge in [-0.05, 0) is 38.5 Å². The standard InChI is InChI=1S/C19H25F3N4OS/c1-4-23-18(24-10-9-17-26-16(12-28-17)19(20,21)22)25-11-14-5-7-15(8-6-14)27-13(2)3/h5-8,12-13H,4,9-11H2,1-3H3,(H2,23,24,25). The number of halogens is 3. The average molecular weight is 414 g/mol. The normalized spacial score (nSPS) is 12.3. The second kappa shape index (κ2) is 10.3. The van der Waals surface area contributed by atoms with Gasteiger partial charge in [0.25, 0.3) is 0 Å². The van der Waals surface area contributed by atoms with E-state index < -0.39 is 11.9 Å². The fourth-order valence-corrected chi connectivity index (χ4v) is 3.11. The molecule has 5 nitrogen and oxygen atoms in total. The van der Waals surface area contributed by atoms with Crippen LogP contribution in [0.4, 0.5) is 13.2 Å². The Labute approximate surface area is 167 Å². The fourth-order valence-electron chi connectivity index (χ4n) is 2.30. The van der Waals surface area contributed by atoms with Crippen LogP contribution < -0.4 is 15.4 Å². The van der Waals surface area contributed by atoms with Gasteiger partial charge in [-0.3, -0.25) is 0 Å². The minimum absolute atomic E-state index is 0.124. The van der Waals surface area contributed by atoms with Gasteiger partial charge in [0.1, 0.15) is 5.75 Å². The van der Waals surface area contributed by atoms with Crippen molar-refractivity contribution in [1.82, 2.24) is 15.6 Å². The first kappa shape index (κ1) is 22.0. The summed E-state index contributed by atoms with van der Waals surface area (Å²) >= 11 is 1.01. The minimum Gasteiger partial charge on any atom is -0.491 e. The molecule has 2 N–H and O–H groups in total. The SMILES string of the molecule is CCNC(=NCc1ccc(OC(C)C)cc1)NCCc1nc(C(F)(F)F)cs1. The molecule has 0 atom stereocenters. The Hall–Kier alpha value is -2.29. The number of aromatic nitrogens is 1. The van der Waals surface area contributed by atoms with Crippen molar-refractivity contribution < 1.29 is 17.9 Å². The lowest BCUT2D eigenvalue weighted by Gasteiger charge is -2.11. The van der Waals surface area contributed by atoms with Gasteiger partial charge in [0.15, 0.2) is 11.7 Å². The summed E-state index contributed by atoms with van der Waals surface area (Å²) in [5, 5.41) is 7.73. The van der Waals surface area contributed by atoms with Gasteiger partial charge in [-0.1, -0.05) is 12.1 Å². The van der Waals surface area contributed by atoms with Crippen molar-refractivity contribution in [3.05, 3.63) is 45.9 Å². The summed E-state index contributed by atoms with van der Waals surface area (Å²) in [6, 6.07) is 7.73. The van der Waals surface area contributed by atoms with Gasteiger partial charge in [0, 0.05) is 24.9 Å². The smallest absolute Gasteiger partial charge is 0.434 e. The lowest BCUT2D eigenvalue weighted by atomic mass is 10.2. The highest BCUT2D eigenvalue weighted by atomic mass is 32.1. The number of rotatable bonds is 8. The molecule has 0 aliphatic heterocycles. The molecule has 0 unspecified atom stereocenters. The maximum atomic E-state index is 12.6. The Kier molecular flexibility index (Phi) is 8.10. The van der Waals surface area contributed by atoms with E-state index in [-0.39, 0.29) is 6.10 Å². The fraction of sp³-hybridized carbons (Fsp3) is 0.474. The topological polar surface area (TPSA) is 58.5 Å². The van der Waals surface area contributed by atoms with Crippen LogP contribution in [0.15, 0.2) is 34.6 Å². The maximum Gasteiger partial charge on any atom is 0.434 e. The third-order valence-corrected chi connectivity index (χ3v) is 4.44. The quantitative estimate of drug-likeness (QED) is 0.501. The third kappa shape index (κ3) is 7.38. The molecule has 28 heavy (non-hydrogen) atoms. The predicted molar refractivity (Wildman–Crippen MR) is 106 cm³/mol. The summed E-state index contributed by atoms with van der Waals surface area (Å²) in [6.45, 7) is 7.50. The molecule has 0 fully saturated rings. The van der Waals surface area contributed by atoms with Crippen LogP contribution in [0, 0.1) is 0 Å². The van der Waals surface area contributed by atoms with E-state index >= 15 is 0 Å². The van der Waals surface area contributed by atoms with E-state index in [1.54, 1.807) is 0 Å². The van der Waals surface area contributed by atoms with Gasteiger partial charge < -0.3 is 15.4 Å². The second-order valence-corrected chi connectivity index (χ2v) is 7.25. The van der Waals surface area contributed by atoms with Crippen LogP contribution in [0.5, 0.6) is 5.75 Å². The molecule has 0 radical (unpaired) electrons. The largest absolute Gasteiger partial charge is 0.491 e. The molecule has 0 spiro atoms. The van der Waals surface area contributed by atoms with Crippen LogP contribution in [-0.2, 0) is 19.1 Å². The van der Waals surface area contributed by atoms with Crippen molar-refractivity contribution in [2.75, 3.05) is 13.1 Å². The molecule has 0 saturated carbocycles. The number of nitrogens with zero attached hydrogens (tertiary/aromatic N) is 2. The van der Waals surface area contributed by atoms with Gasteiger partial charge in [-0.25, -0.2) is 9.98 Å².